The number of nitrogens with one attached hydrogen (secondary N) is 1. The van der Waals surface area contributed by atoms with E-state index in [2.05, 4.69) is 10.4 Å². The zero-order chi connectivity index (χ0) is 14.7. The van der Waals surface area contributed by atoms with Gasteiger partial charge in [-0.15, -0.1) is 0 Å². The van der Waals surface area contributed by atoms with Gasteiger partial charge in [-0.1, -0.05) is 40.9 Å². The zero-order valence-electron chi connectivity index (χ0n) is 10.7. The Balaban J connectivity index is 2.13. The molecular formula is C13H12Cl3N3O. The van der Waals surface area contributed by atoms with Gasteiger partial charge < -0.3 is 5.32 Å². The Morgan fingerprint density at radius 3 is 2.75 bits per heavy atom. The maximum Gasteiger partial charge on any atom is 0.253 e. The van der Waals surface area contributed by atoms with Crippen molar-refractivity contribution in [3.63, 3.8) is 0 Å². The molecule has 0 unspecified atom stereocenters. The third kappa shape index (κ3) is 3.08. The van der Waals surface area contributed by atoms with E-state index in [4.69, 9.17) is 34.8 Å². The second-order valence-corrected chi connectivity index (χ2v) is 5.23. The maximum atomic E-state index is 12.1. The fourth-order valence-electron chi connectivity index (χ4n) is 1.77. The molecule has 106 valence electrons. The van der Waals surface area contributed by atoms with Gasteiger partial charge in [-0.3, -0.25) is 9.48 Å². The van der Waals surface area contributed by atoms with E-state index in [9.17, 15) is 4.79 Å². The normalized spacial score (nSPS) is 10.6. The van der Waals surface area contributed by atoms with Crippen LogP contribution in [0.3, 0.4) is 0 Å². The van der Waals surface area contributed by atoms with Crippen LogP contribution in [0.4, 0.5) is 0 Å². The van der Waals surface area contributed by atoms with Gasteiger partial charge in [0.2, 0.25) is 0 Å². The van der Waals surface area contributed by atoms with E-state index in [0.717, 1.165) is 5.69 Å². The maximum absolute atomic E-state index is 12.1. The molecule has 0 saturated heterocycles. The first-order valence-electron chi connectivity index (χ1n) is 5.97. The molecule has 7 heteroatoms. The second-order valence-electron chi connectivity index (χ2n) is 4.04. The summed E-state index contributed by atoms with van der Waals surface area (Å²) < 4.78 is 1.72. The van der Waals surface area contributed by atoms with Gasteiger partial charge in [0, 0.05) is 6.54 Å². The van der Waals surface area contributed by atoms with Gasteiger partial charge in [-0.2, -0.15) is 5.10 Å². The summed E-state index contributed by atoms with van der Waals surface area (Å²) in [7, 11) is 0. The number of benzene rings is 1. The second kappa shape index (κ2) is 6.48. The smallest absolute Gasteiger partial charge is 0.253 e. The molecule has 0 aliphatic rings. The van der Waals surface area contributed by atoms with E-state index >= 15 is 0 Å². The SMILES string of the molecule is CCn1ncc(Cl)c1CNC(=O)c1cccc(Cl)c1Cl. The predicted molar refractivity (Wildman–Crippen MR) is 80.5 cm³/mol. The Bertz CT molecular complexity index is 640. The molecule has 0 bridgehead atoms. The summed E-state index contributed by atoms with van der Waals surface area (Å²) in [6, 6.07) is 4.92. The number of aryl methyl sites for hydroxylation is 1. The largest absolute Gasteiger partial charge is 0.346 e. The highest BCUT2D eigenvalue weighted by Crippen LogP contribution is 2.25. The molecule has 0 radical (unpaired) electrons. The number of rotatable bonds is 4. The zero-order valence-corrected chi connectivity index (χ0v) is 12.9. The van der Waals surface area contributed by atoms with Crippen molar-refractivity contribution in [1.82, 2.24) is 15.1 Å². The first kappa shape index (κ1) is 15.2. The highest BCUT2D eigenvalue weighted by atomic mass is 35.5. The summed E-state index contributed by atoms with van der Waals surface area (Å²) in [5, 5.41) is 7.96. The Morgan fingerprint density at radius 2 is 2.05 bits per heavy atom. The molecule has 1 amide bonds. The standard InChI is InChI=1S/C13H12Cl3N3O/c1-2-19-11(10(15)6-18-19)7-17-13(20)8-4-3-5-9(14)12(8)16/h3-6H,2,7H2,1H3,(H,17,20). The van der Waals surface area contributed by atoms with Crippen molar-refractivity contribution in [3.8, 4) is 0 Å². The topological polar surface area (TPSA) is 46.9 Å². The Labute approximate surface area is 131 Å². The van der Waals surface area contributed by atoms with Crippen molar-refractivity contribution < 1.29 is 4.79 Å². The molecule has 0 aliphatic carbocycles. The van der Waals surface area contributed by atoms with Crippen LogP contribution in [-0.4, -0.2) is 15.7 Å². The summed E-state index contributed by atoms with van der Waals surface area (Å²) in [6.45, 7) is 2.90. The van der Waals surface area contributed by atoms with Crippen LogP contribution in [0.25, 0.3) is 0 Å². The minimum atomic E-state index is -0.308. The molecule has 0 spiro atoms. The number of carbonyl (C=O) groups excluding carboxylic acids is 1. The van der Waals surface area contributed by atoms with Crippen molar-refractivity contribution in [2.45, 2.75) is 20.0 Å². The molecule has 0 saturated carbocycles. The highest BCUT2D eigenvalue weighted by Gasteiger charge is 2.14. The van der Waals surface area contributed by atoms with Gasteiger partial charge in [-0.05, 0) is 19.1 Å². The molecule has 0 aliphatic heterocycles. The first-order chi connectivity index (χ1) is 9.54. The molecule has 0 fully saturated rings. The van der Waals surface area contributed by atoms with Crippen molar-refractivity contribution in [2.75, 3.05) is 0 Å². The first-order valence-corrected chi connectivity index (χ1v) is 7.10. The summed E-state index contributed by atoms with van der Waals surface area (Å²) in [4.78, 5) is 12.1. The van der Waals surface area contributed by atoms with Crippen molar-refractivity contribution in [1.29, 1.82) is 0 Å². The van der Waals surface area contributed by atoms with Gasteiger partial charge in [0.05, 0.1) is 39.1 Å². The van der Waals surface area contributed by atoms with Crippen LogP contribution in [0, 0.1) is 0 Å². The monoisotopic (exact) mass is 331 g/mol. The van der Waals surface area contributed by atoms with Crippen LogP contribution in [0.2, 0.25) is 15.1 Å². The summed E-state index contributed by atoms with van der Waals surface area (Å²) in [5.74, 6) is -0.308. The average Bonchev–Trinajstić information content (AvgIpc) is 2.79. The lowest BCUT2D eigenvalue weighted by molar-refractivity contribution is 0.0950. The van der Waals surface area contributed by atoms with Crippen LogP contribution in [-0.2, 0) is 13.1 Å². The van der Waals surface area contributed by atoms with Crippen molar-refractivity contribution in [2.24, 2.45) is 0 Å². The number of carbonyl (C=O) groups is 1. The third-order valence-corrected chi connectivity index (χ3v) is 3.94. The number of hydrogen-bond donors (Lipinski definition) is 1. The number of hydrogen-bond acceptors (Lipinski definition) is 2. The minimum Gasteiger partial charge on any atom is -0.346 e. The van der Waals surface area contributed by atoms with Crippen LogP contribution < -0.4 is 5.32 Å². The van der Waals surface area contributed by atoms with E-state index in [0.29, 0.717) is 22.2 Å². The summed E-state index contributed by atoms with van der Waals surface area (Å²) in [6.07, 6.45) is 1.55. The third-order valence-electron chi connectivity index (χ3n) is 2.81. The average molecular weight is 333 g/mol. The predicted octanol–water partition coefficient (Wildman–Crippen LogP) is 3.79. The van der Waals surface area contributed by atoms with E-state index in [1.54, 1.807) is 29.1 Å². The summed E-state index contributed by atoms with van der Waals surface area (Å²) in [5.41, 5.74) is 1.08. The van der Waals surface area contributed by atoms with Gasteiger partial charge in [0.25, 0.3) is 5.91 Å². The number of nitrogens with zero attached hydrogens (tertiary/aromatic N) is 2. The van der Waals surface area contributed by atoms with Gasteiger partial charge in [0.1, 0.15) is 0 Å². The van der Waals surface area contributed by atoms with Crippen LogP contribution >= 0.6 is 34.8 Å². The summed E-state index contributed by atoms with van der Waals surface area (Å²) >= 11 is 17.9. The van der Waals surface area contributed by atoms with Crippen molar-refractivity contribution in [3.05, 3.63) is 50.7 Å². The lowest BCUT2D eigenvalue weighted by Crippen LogP contribution is -2.24. The quantitative estimate of drug-likeness (QED) is 0.926. The molecule has 2 rings (SSSR count). The molecule has 2 aromatic rings. The molecule has 0 atom stereocenters. The molecule has 1 aromatic carbocycles. The lowest BCUT2D eigenvalue weighted by Gasteiger charge is -2.09. The van der Waals surface area contributed by atoms with Crippen molar-refractivity contribution >= 4 is 40.7 Å². The number of amides is 1. The Morgan fingerprint density at radius 1 is 1.30 bits per heavy atom. The molecular weight excluding hydrogens is 321 g/mol. The highest BCUT2D eigenvalue weighted by molar-refractivity contribution is 6.43. The molecule has 4 nitrogen and oxygen atoms in total. The number of halogens is 3. The number of aromatic nitrogens is 2. The van der Waals surface area contributed by atoms with E-state index < -0.39 is 0 Å². The van der Waals surface area contributed by atoms with Crippen LogP contribution in [0.1, 0.15) is 23.0 Å². The molecule has 1 heterocycles. The fourth-order valence-corrected chi connectivity index (χ4v) is 2.37. The van der Waals surface area contributed by atoms with E-state index in [1.807, 2.05) is 6.92 Å². The van der Waals surface area contributed by atoms with Gasteiger partial charge >= 0.3 is 0 Å². The van der Waals surface area contributed by atoms with E-state index in [1.165, 1.54) is 0 Å². The lowest BCUT2D eigenvalue weighted by atomic mass is 10.2. The molecule has 20 heavy (non-hydrogen) atoms. The van der Waals surface area contributed by atoms with Gasteiger partial charge in [-0.25, -0.2) is 0 Å². The molecule has 1 N–H and O–H groups in total. The fraction of sp³-hybridized carbons (Fsp3) is 0.231. The Hall–Kier alpha value is -1.23. The van der Waals surface area contributed by atoms with Crippen LogP contribution in [0.15, 0.2) is 24.4 Å². The minimum absolute atomic E-state index is 0.238. The van der Waals surface area contributed by atoms with E-state index in [-0.39, 0.29) is 17.5 Å². The Kier molecular flexibility index (Phi) is 4.91. The van der Waals surface area contributed by atoms with Gasteiger partial charge in [0.15, 0.2) is 0 Å². The van der Waals surface area contributed by atoms with Crippen LogP contribution in [0.5, 0.6) is 0 Å². The molecule has 1 aromatic heterocycles.